The summed E-state index contributed by atoms with van der Waals surface area (Å²) in [6.07, 6.45) is -0.182. The Kier molecular flexibility index (Phi) is 4.40. The Morgan fingerprint density at radius 2 is 2.20 bits per heavy atom. The summed E-state index contributed by atoms with van der Waals surface area (Å²) in [6.45, 7) is 2.49. The Labute approximate surface area is 141 Å². The van der Waals surface area contributed by atoms with Gasteiger partial charge < -0.3 is 19.9 Å². The molecule has 2 aromatic heterocycles. The number of aromatic nitrogens is 4. The molecule has 0 radical (unpaired) electrons. The van der Waals surface area contributed by atoms with E-state index < -0.39 is 35.9 Å². The minimum atomic E-state index is -0.644. The lowest BCUT2D eigenvalue weighted by Gasteiger charge is -2.17. The van der Waals surface area contributed by atoms with Gasteiger partial charge in [0.05, 0.1) is 6.33 Å². The van der Waals surface area contributed by atoms with Crippen LogP contribution in [0.15, 0.2) is 11.1 Å². The molecule has 0 spiro atoms. The highest BCUT2D eigenvalue weighted by atomic mass is 16.6. The van der Waals surface area contributed by atoms with Gasteiger partial charge in [-0.15, -0.1) is 0 Å². The summed E-state index contributed by atoms with van der Waals surface area (Å²) >= 11 is 0. The number of anilines is 1. The zero-order valence-electron chi connectivity index (χ0n) is 13.6. The molecule has 0 amide bonds. The van der Waals surface area contributed by atoms with Crippen molar-refractivity contribution in [2.45, 2.75) is 38.7 Å². The molecule has 3 heterocycles. The summed E-state index contributed by atoms with van der Waals surface area (Å²) in [4.78, 5) is 44.6. The lowest BCUT2D eigenvalue weighted by molar-refractivity contribution is -0.155. The van der Waals surface area contributed by atoms with Crippen LogP contribution in [-0.4, -0.2) is 50.3 Å². The number of ether oxygens (including phenoxy) is 3. The lowest BCUT2D eigenvalue weighted by atomic mass is 10.2. The maximum Gasteiger partial charge on any atom is 0.303 e. The van der Waals surface area contributed by atoms with Crippen LogP contribution >= 0.6 is 0 Å². The van der Waals surface area contributed by atoms with Gasteiger partial charge in [0.1, 0.15) is 25.0 Å². The first-order valence-corrected chi connectivity index (χ1v) is 7.53. The molecule has 0 aliphatic carbocycles. The van der Waals surface area contributed by atoms with E-state index in [1.165, 1.54) is 24.7 Å². The number of rotatable bonds is 4. The van der Waals surface area contributed by atoms with Crippen molar-refractivity contribution >= 4 is 29.1 Å². The number of esters is 2. The van der Waals surface area contributed by atoms with E-state index >= 15 is 0 Å². The maximum absolute atomic E-state index is 11.9. The topological polar surface area (TPSA) is 151 Å². The molecule has 134 valence electrons. The molecule has 3 atom stereocenters. The molecule has 11 nitrogen and oxygen atoms in total. The Morgan fingerprint density at radius 1 is 1.44 bits per heavy atom. The number of imidazole rings is 1. The first-order chi connectivity index (χ1) is 11.8. The van der Waals surface area contributed by atoms with E-state index in [0.717, 1.165) is 0 Å². The highest BCUT2D eigenvalue weighted by Crippen LogP contribution is 2.32. The highest BCUT2D eigenvalue weighted by Gasteiger charge is 2.40. The molecule has 1 aliphatic heterocycles. The summed E-state index contributed by atoms with van der Waals surface area (Å²) in [5, 5.41) is 0. The Hall–Kier alpha value is -2.95. The monoisotopic (exact) mass is 351 g/mol. The molecule has 11 heteroatoms. The van der Waals surface area contributed by atoms with E-state index in [2.05, 4.69) is 15.0 Å². The fourth-order valence-corrected chi connectivity index (χ4v) is 2.71. The largest absolute Gasteiger partial charge is 0.463 e. The van der Waals surface area contributed by atoms with Gasteiger partial charge >= 0.3 is 11.9 Å². The third-order valence-electron chi connectivity index (χ3n) is 3.71. The quantitative estimate of drug-likeness (QED) is 0.693. The second kappa shape index (κ2) is 6.51. The third kappa shape index (κ3) is 3.45. The molecule has 0 aromatic carbocycles. The minimum absolute atomic E-state index is 0.0507. The van der Waals surface area contributed by atoms with Gasteiger partial charge in [-0.1, -0.05) is 0 Å². The highest BCUT2D eigenvalue weighted by molar-refractivity contribution is 5.70. The lowest BCUT2D eigenvalue weighted by Crippen LogP contribution is -2.31. The first kappa shape index (κ1) is 16.9. The third-order valence-corrected chi connectivity index (χ3v) is 3.71. The average Bonchev–Trinajstić information content (AvgIpc) is 3.08. The van der Waals surface area contributed by atoms with Crippen LogP contribution in [0, 0.1) is 0 Å². The van der Waals surface area contributed by atoms with E-state index in [9.17, 15) is 14.4 Å². The normalized spacial score (nSPS) is 22.9. The predicted octanol–water partition coefficient (Wildman–Crippen LogP) is -0.516. The van der Waals surface area contributed by atoms with Crippen LogP contribution in [0.2, 0.25) is 0 Å². The van der Waals surface area contributed by atoms with E-state index in [4.69, 9.17) is 19.9 Å². The molecule has 0 bridgehead atoms. The van der Waals surface area contributed by atoms with E-state index in [1.807, 2.05) is 0 Å². The number of H-pyrrole nitrogens is 1. The number of aromatic amines is 1. The van der Waals surface area contributed by atoms with E-state index in [0.29, 0.717) is 0 Å². The number of hydrogen-bond donors (Lipinski definition) is 2. The SMILES string of the molecule is CC(=O)OCC1OC(n2cnc3c(=O)[nH]c(N)nc32)CC1OC(C)=O. The number of carbonyl (C=O) groups excluding carboxylic acids is 2. The fourth-order valence-electron chi connectivity index (χ4n) is 2.71. The van der Waals surface area contributed by atoms with Crippen molar-refractivity contribution in [2.24, 2.45) is 0 Å². The van der Waals surface area contributed by atoms with Crippen LogP contribution in [0.5, 0.6) is 0 Å². The molecule has 3 N–H and O–H groups in total. The number of nitrogens with zero attached hydrogens (tertiary/aromatic N) is 3. The molecular formula is C14H17N5O6. The van der Waals surface area contributed by atoms with Crippen molar-refractivity contribution in [1.82, 2.24) is 19.5 Å². The van der Waals surface area contributed by atoms with E-state index in [-0.39, 0.29) is 30.1 Å². The van der Waals surface area contributed by atoms with Gasteiger partial charge in [0.25, 0.3) is 5.56 Å². The Morgan fingerprint density at radius 3 is 2.88 bits per heavy atom. The molecule has 25 heavy (non-hydrogen) atoms. The second-order valence-electron chi connectivity index (χ2n) is 5.59. The molecule has 2 aromatic rings. The number of nitrogen functional groups attached to an aromatic ring is 1. The molecule has 0 saturated carbocycles. The van der Waals surface area contributed by atoms with Gasteiger partial charge in [-0.05, 0) is 0 Å². The zero-order valence-corrected chi connectivity index (χ0v) is 13.6. The van der Waals surface area contributed by atoms with Gasteiger partial charge in [0, 0.05) is 20.3 Å². The Balaban J connectivity index is 1.89. The first-order valence-electron chi connectivity index (χ1n) is 7.53. The summed E-state index contributed by atoms with van der Waals surface area (Å²) < 4.78 is 17.6. The van der Waals surface area contributed by atoms with Gasteiger partial charge in [-0.2, -0.15) is 4.98 Å². The number of nitrogens with one attached hydrogen (secondary N) is 1. The van der Waals surface area contributed by atoms with Gasteiger partial charge in [0.2, 0.25) is 5.95 Å². The molecule has 1 fully saturated rings. The number of nitrogens with two attached hydrogens (primary N) is 1. The van der Waals surface area contributed by atoms with Crippen LogP contribution in [0.1, 0.15) is 26.5 Å². The summed E-state index contributed by atoms with van der Waals surface area (Å²) in [6, 6.07) is 0. The van der Waals surface area contributed by atoms with Crippen molar-refractivity contribution in [2.75, 3.05) is 12.3 Å². The standard InChI is InChI=1S/C14H17N5O6/c1-6(20)23-4-9-8(24-7(2)21)3-10(25-9)19-5-16-11-12(19)17-14(15)18-13(11)22/h5,8-10H,3-4H2,1-2H3,(H3,15,17,18,22). The molecule has 3 rings (SSSR count). The molecular weight excluding hydrogens is 334 g/mol. The summed E-state index contributed by atoms with van der Waals surface area (Å²) in [7, 11) is 0. The van der Waals surface area contributed by atoms with Gasteiger partial charge in [-0.25, -0.2) is 4.98 Å². The van der Waals surface area contributed by atoms with Crippen LogP contribution in [0.25, 0.3) is 11.2 Å². The smallest absolute Gasteiger partial charge is 0.303 e. The predicted molar refractivity (Wildman–Crippen MR) is 83.3 cm³/mol. The molecule has 1 saturated heterocycles. The number of hydrogen-bond acceptors (Lipinski definition) is 9. The van der Waals surface area contributed by atoms with Gasteiger partial charge in [0.15, 0.2) is 11.2 Å². The van der Waals surface area contributed by atoms with Crippen LogP contribution in [-0.2, 0) is 23.8 Å². The van der Waals surface area contributed by atoms with Crippen molar-refractivity contribution < 1.29 is 23.8 Å². The number of carbonyl (C=O) groups is 2. The van der Waals surface area contributed by atoms with E-state index in [1.54, 1.807) is 0 Å². The number of fused-ring (bicyclic) bond motifs is 1. The molecule has 1 aliphatic rings. The van der Waals surface area contributed by atoms with Gasteiger partial charge in [-0.3, -0.25) is 23.9 Å². The zero-order chi connectivity index (χ0) is 18.1. The molecule has 3 unspecified atom stereocenters. The average molecular weight is 351 g/mol. The fraction of sp³-hybridized carbons (Fsp3) is 0.500. The second-order valence-corrected chi connectivity index (χ2v) is 5.59. The summed E-state index contributed by atoms with van der Waals surface area (Å²) in [5.41, 5.74) is 5.48. The minimum Gasteiger partial charge on any atom is -0.463 e. The van der Waals surface area contributed by atoms with Crippen molar-refractivity contribution in [1.29, 1.82) is 0 Å². The van der Waals surface area contributed by atoms with Crippen LogP contribution < -0.4 is 11.3 Å². The van der Waals surface area contributed by atoms with Crippen molar-refractivity contribution in [3.05, 3.63) is 16.7 Å². The van der Waals surface area contributed by atoms with Crippen molar-refractivity contribution in [3.8, 4) is 0 Å². The van der Waals surface area contributed by atoms with Crippen LogP contribution in [0.4, 0.5) is 5.95 Å². The van der Waals surface area contributed by atoms with Crippen molar-refractivity contribution in [3.63, 3.8) is 0 Å². The maximum atomic E-state index is 11.9. The Bertz CT molecular complexity index is 874. The summed E-state index contributed by atoms with van der Waals surface area (Å²) in [5.74, 6) is -0.996. The van der Waals surface area contributed by atoms with Crippen LogP contribution in [0.3, 0.4) is 0 Å².